The standard InChI is InChI=1S/C13H7F2NO5/c14-8-5-10(15)12(16(19)20)11(6-8)21-9-3-1-7(2-4-9)13(17)18/h1-6H,(H,17,18). The smallest absolute Gasteiger partial charge is 0.347 e. The van der Waals surface area contributed by atoms with Crippen LogP contribution in [0.1, 0.15) is 10.4 Å². The molecule has 2 aromatic rings. The van der Waals surface area contributed by atoms with E-state index in [1.54, 1.807) is 0 Å². The van der Waals surface area contributed by atoms with Gasteiger partial charge in [-0.3, -0.25) is 10.1 Å². The number of nitrogens with zero attached hydrogens (tertiary/aromatic N) is 1. The van der Waals surface area contributed by atoms with Crippen molar-refractivity contribution >= 4 is 11.7 Å². The molecule has 0 aliphatic carbocycles. The molecular formula is C13H7F2NO5. The first kappa shape index (κ1) is 14.4. The van der Waals surface area contributed by atoms with Gasteiger partial charge in [-0.25, -0.2) is 9.18 Å². The van der Waals surface area contributed by atoms with Gasteiger partial charge in [0.25, 0.3) is 0 Å². The number of carbonyl (C=O) groups is 1. The number of ether oxygens (including phenoxy) is 1. The number of rotatable bonds is 4. The summed E-state index contributed by atoms with van der Waals surface area (Å²) in [6, 6.07) is 5.87. The van der Waals surface area contributed by atoms with E-state index in [0.717, 1.165) is 0 Å². The molecule has 0 aliphatic heterocycles. The number of benzene rings is 2. The highest BCUT2D eigenvalue weighted by atomic mass is 19.1. The number of carboxylic acids is 1. The van der Waals surface area contributed by atoms with Gasteiger partial charge in [-0.05, 0) is 24.3 Å². The molecule has 0 unspecified atom stereocenters. The maximum atomic E-state index is 13.4. The van der Waals surface area contributed by atoms with Crippen molar-refractivity contribution in [3.05, 3.63) is 63.7 Å². The average Bonchev–Trinajstić information content (AvgIpc) is 2.37. The Morgan fingerprint density at radius 2 is 1.81 bits per heavy atom. The third-order valence-corrected chi connectivity index (χ3v) is 2.50. The molecule has 1 N–H and O–H groups in total. The zero-order valence-electron chi connectivity index (χ0n) is 10.2. The van der Waals surface area contributed by atoms with Crippen molar-refractivity contribution < 1.29 is 28.3 Å². The predicted octanol–water partition coefficient (Wildman–Crippen LogP) is 3.36. The zero-order chi connectivity index (χ0) is 15.6. The summed E-state index contributed by atoms with van der Waals surface area (Å²) < 4.78 is 31.6. The van der Waals surface area contributed by atoms with Gasteiger partial charge in [-0.15, -0.1) is 0 Å². The van der Waals surface area contributed by atoms with Crippen LogP contribution < -0.4 is 4.74 Å². The fraction of sp³-hybridized carbons (Fsp3) is 0. The predicted molar refractivity (Wildman–Crippen MR) is 66.5 cm³/mol. The van der Waals surface area contributed by atoms with Gasteiger partial charge in [0.2, 0.25) is 11.6 Å². The van der Waals surface area contributed by atoms with Crippen LogP contribution in [0, 0.1) is 21.7 Å². The van der Waals surface area contributed by atoms with E-state index in [4.69, 9.17) is 9.84 Å². The van der Waals surface area contributed by atoms with Crippen LogP contribution in [0.5, 0.6) is 11.5 Å². The van der Waals surface area contributed by atoms with E-state index in [1.807, 2.05) is 0 Å². The number of hydrogen-bond donors (Lipinski definition) is 1. The van der Waals surface area contributed by atoms with Gasteiger partial charge in [0.15, 0.2) is 0 Å². The normalized spacial score (nSPS) is 10.2. The maximum Gasteiger partial charge on any atom is 0.347 e. The summed E-state index contributed by atoms with van der Waals surface area (Å²) in [5, 5.41) is 19.5. The Bertz CT molecular complexity index is 715. The quantitative estimate of drug-likeness (QED) is 0.690. The van der Waals surface area contributed by atoms with E-state index in [1.165, 1.54) is 24.3 Å². The fourth-order valence-electron chi connectivity index (χ4n) is 1.59. The molecular weight excluding hydrogens is 288 g/mol. The fourth-order valence-corrected chi connectivity index (χ4v) is 1.59. The molecule has 0 spiro atoms. The Hall–Kier alpha value is -3.03. The Kier molecular flexibility index (Phi) is 3.79. The Morgan fingerprint density at radius 3 is 2.33 bits per heavy atom. The van der Waals surface area contributed by atoms with Gasteiger partial charge >= 0.3 is 11.7 Å². The van der Waals surface area contributed by atoms with Gasteiger partial charge in [0.1, 0.15) is 11.6 Å². The second-order valence-corrected chi connectivity index (χ2v) is 3.92. The number of nitro benzene ring substituents is 1. The summed E-state index contributed by atoms with van der Waals surface area (Å²) >= 11 is 0. The lowest BCUT2D eigenvalue weighted by Crippen LogP contribution is -1.99. The summed E-state index contributed by atoms with van der Waals surface area (Å²) in [7, 11) is 0. The number of carboxylic acid groups (broad SMARTS) is 1. The molecule has 0 radical (unpaired) electrons. The van der Waals surface area contributed by atoms with Crippen LogP contribution in [0.4, 0.5) is 14.5 Å². The topological polar surface area (TPSA) is 89.7 Å². The first-order valence-electron chi connectivity index (χ1n) is 5.53. The number of nitro groups is 1. The largest absolute Gasteiger partial charge is 0.478 e. The second-order valence-electron chi connectivity index (χ2n) is 3.92. The third kappa shape index (κ3) is 3.11. The molecule has 21 heavy (non-hydrogen) atoms. The summed E-state index contributed by atoms with van der Waals surface area (Å²) in [5.74, 6) is -4.16. The molecule has 0 saturated carbocycles. The SMILES string of the molecule is O=C(O)c1ccc(Oc2cc(F)cc(F)c2[N+](=O)[O-])cc1. The lowest BCUT2D eigenvalue weighted by molar-refractivity contribution is -0.388. The Balaban J connectivity index is 2.39. The molecule has 0 bridgehead atoms. The average molecular weight is 295 g/mol. The van der Waals surface area contributed by atoms with Crippen molar-refractivity contribution in [2.45, 2.75) is 0 Å². The molecule has 2 aromatic carbocycles. The monoisotopic (exact) mass is 295 g/mol. The van der Waals surface area contributed by atoms with Crippen LogP contribution in [-0.2, 0) is 0 Å². The number of halogens is 2. The molecule has 0 aromatic heterocycles. The van der Waals surface area contributed by atoms with Gasteiger partial charge < -0.3 is 9.84 Å². The molecule has 0 atom stereocenters. The van der Waals surface area contributed by atoms with E-state index >= 15 is 0 Å². The first-order chi connectivity index (χ1) is 9.88. The van der Waals surface area contributed by atoms with Crippen molar-refractivity contribution in [1.29, 1.82) is 0 Å². The van der Waals surface area contributed by atoms with Crippen molar-refractivity contribution in [2.24, 2.45) is 0 Å². The first-order valence-corrected chi connectivity index (χ1v) is 5.53. The van der Waals surface area contributed by atoms with Gasteiger partial charge in [-0.1, -0.05) is 0 Å². The molecule has 6 nitrogen and oxygen atoms in total. The molecule has 108 valence electrons. The molecule has 0 fully saturated rings. The van der Waals surface area contributed by atoms with Crippen LogP contribution in [0.3, 0.4) is 0 Å². The molecule has 0 amide bonds. The number of aromatic carboxylic acids is 1. The van der Waals surface area contributed by atoms with Crippen molar-refractivity contribution in [2.75, 3.05) is 0 Å². The Morgan fingerprint density at radius 1 is 1.19 bits per heavy atom. The lowest BCUT2D eigenvalue weighted by atomic mass is 10.2. The highest BCUT2D eigenvalue weighted by Gasteiger charge is 2.24. The molecule has 0 saturated heterocycles. The van der Waals surface area contributed by atoms with E-state index in [2.05, 4.69) is 0 Å². The minimum Gasteiger partial charge on any atom is -0.478 e. The van der Waals surface area contributed by atoms with Crippen molar-refractivity contribution in [3.8, 4) is 11.5 Å². The maximum absolute atomic E-state index is 13.4. The third-order valence-electron chi connectivity index (χ3n) is 2.50. The lowest BCUT2D eigenvalue weighted by Gasteiger charge is -2.07. The Labute approximate surface area is 116 Å². The van der Waals surface area contributed by atoms with Crippen LogP contribution in [-0.4, -0.2) is 16.0 Å². The molecule has 0 aliphatic rings. The minimum atomic E-state index is -1.36. The van der Waals surface area contributed by atoms with Crippen LogP contribution in [0.15, 0.2) is 36.4 Å². The molecule has 2 rings (SSSR count). The van der Waals surface area contributed by atoms with Gasteiger partial charge in [0.05, 0.1) is 10.5 Å². The van der Waals surface area contributed by atoms with Crippen LogP contribution in [0.25, 0.3) is 0 Å². The zero-order valence-corrected chi connectivity index (χ0v) is 10.2. The highest BCUT2D eigenvalue weighted by molar-refractivity contribution is 5.87. The summed E-state index contributed by atoms with van der Waals surface area (Å²) in [5.41, 5.74) is -1.03. The molecule has 0 heterocycles. The van der Waals surface area contributed by atoms with Gasteiger partial charge in [-0.2, -0.15) is 4.39 Å². The van der Waals surface area contributed by atoms with Gasteiger partial charge in [0, 0.05) is 12.1 Å². The molecule has 8 heteroatoms. The second kappa shape index (κ2) is 5.53. The summed E-state index contributed by atoms with van der Waals surface area (Å²) in [6.45, 7) is 0. The van der Waals surface area contributed by atoms with Crippen LogP contribution >= 0.6 is 0 Å². The van der Waals surface area contributed by atoms with E-state index < -0.39 is 34.0 Å². The number of hydrogen-bond acceptors (Lipinski definition) is 4. The van der Waals surface area contributed by atoms with Crippen LogP contribution in [0.2, 0.25) is 0 Å². The van der Waals surface area contributed by atoms with Crippen molar-refractivity contribution in [1.82, 2.24) is 0 Å². The van der Waals surface area contributed by atoms with E-state index in [9.17, 15) is 23.7 Å². The van der Waals surface area contributed by atoms with Crippen molar-refractivity contribution in [3.63, 3.8) is 0 Å². The highest BCUT2D eigenvalue weighted by Crippen LogP contribution is 2.34. The summed E-state index contributed by atoms with van der Waals surface area (Å²) in [6.07, 6.45) is 0. The van der Waals surface area contributed by atoms with E-state index in [-0.39, 0.29) is 11.3 Å². The van der Waals surface area contributed by atoms with E-state index in [0.29, 0.717) is 12.1 Å². The minimum absolute atomic E-state index is 0.00750. The summed E-state index contributed by atoms with van der Waals surface area (Å²) in [4.78, 5) is 20.4.